The number of nitrogens with zero attached hydrogens (tertiary/aromatic N) is 4. The molecule has 9 nitrogen and oxygen atoms in total. The Morgan fingerprint density at radius 1 is 1.08 bits per heavy atom. The molecule has 0 aliphatic heterocycles. The van der Waals surface area contributed by atoms with E-state index in [0.717, 1.165) is 0 Å². The lowest BCUT2D eigenvalue weighted by molar-refractivity contribution is -0.384. The van der Waals surface area contributed by atoms with E-state index in [1.165, 1.54) is 18.2 Å². The number of benzene rings is 3. The zero-order valence-electron chi connectivity index (χ0n) is 21.4. The number of aromatic nitrogens is 2. The average Bonchev–Trinajstić information content (AvgIpc) is 2.93. The zero-order chi connectivity index (χ0) is 27.2. The second kappa shape index (κ2) is 11.5. The summed E-state index contributed by atoms with van der Waals surface area (Å²) in [7, 11) is 0. The molecule has 1 unspecified atom stereocenters. The Hall–Kier alpha value is -4.79. The fourth-order valence-electron chi connectivity index (χ4n) is 4.27. The van der Waals surface area contributed by atoms with Crippen LogP contribution in [0, 0.1) is 10.1 Å². The van der Waals surface area contributed by atoms with Gasteiger partial charge in [-0.25, -0.2) is 4.98 Å². The number of rotatable bonds is 9. The van der Waals surface area contributed by atoms with Crippen LogP contribution >= 0.6 is 0 Å². The van der Waals surface area contributed by atoms with Gasteiger partial charge in [-0.05, 0) is 80.9 Å². The SMILES string of the molecule is CCOc1ccc(-n2c(C(C)N(CC)C(=O)/C=C/c3ccc([N+](=O)[O-])cc3)nc3ccccc3c2=O)cc1. The number of fused-ring (bicyclic) bond motifs is 1. The number of para-hydroxylation sites is 1. The molecule has 0 fully saturated rings. The van der Waals surface area contributed by atoms with Crippen LogP contribution in [-0.4, -0.2) is 38.4 Å². The molecule has 1 aromatic heterocycles. The summed E-state index contributed by atoms with van der Waals surface area (Å²) < 4.78 is 7.09. The molecule has 0 N–H and O–H groups in total. The predicted octanol–water partition coefficient (Wildman–Crippen LogP) is 5.32. The van der Waals surface area contributed by atoms with E-state index >= 15 is 0 Å². The monoisotopic (exact) mass is 512 g/mol. The average molecular weight is 513 g/mol. The van der Waals surface area contributed by atoms with Crippen molar-refractivity contribution < 1.29 is 14.5 Å². The molecule has 0 spiro atoms. The number of non-ortho nitro benzene ring substituents is 1. The summed E-state index contributed by atoms with van der Waals surface area (Å²) in [6.07, 6.45) is 3.02. The van der Waals surface area contributed by atoms with Crippen molar-refractivity contribution in [3.8, 4) is 11.4 Å². The van der Waals surface area contributed by atoms with Crippen LogP contribution in [0.3, 0.4) is 0 Å². The number of ether oxygens (including phenoxy) is 1. The Morgan fingerprint density at radius 3 is 2.39 bits per heavy atom. The number of nitro benzene ring substituents is 1. The molecule has 0 saturated carbocycles. The second-order valence-electron chi connectivity index (χ2n) is 8.54. The number of amides is 1. The number of carbonyl (C=O) groups excluding carboxylic acids is 1. The van der Waals surface area contributed by atoms with Gasteiger partial charge in [0.05, 0.1) is 34.2 Å². The van der Waals surface area contributed by atoms with Gasteiger partial charge in [0, 0.05) is 24.8 Å². The molecular weight excluding hydrogens is 484 g/mol. The molecule has 0 aliphatic rings. The van der Waals surface area contributed by atoms with Crippen LogP contribution in [0.25, 0.3) is 22.7 Å². The Labute approximate surface area is 219 Å². The van der Waals surface area contributed by atoms with Crippen LogP contribution in [0.2, 0.25) is 0 Å². The molecule has 1 amide bonds. The van der Waals surface area contributed by atoms with Crippen LogP contribution in [0.1, 0.15) is 38.2 Å². The van der Waals surface area contributed by atoms with Gasteiger partial charge in [-0.15, -0.1) is 0 Å². The first-order chi connectivity index (χ1) is 18.3. The maximum Gasteiger partial charge on any atom is 0.269 e. The first-order valence-electron chi connectivity index (χ1n) is 12.3. The van der Waals surface area contributed by atoms with Gasteiger partial charge in [-0.3, -0.25) is 24.3 Å². The van der Waals surface area contributed by atoms with Gasteiger partial charge in [0.1, 0.15) is 11.6 Å². The minimum atomic E-state index is -0.544. The third-order valence-corrected chi connectivity index (χ3v) is 6.19. The summed E-state index contributed by atoms with van der Waals surface area (Å²) in [4.78, 5) is 43.8. The number of nitro groups is 1. The topological polar surface area (TPSA) is 108 Å². The predicted molar refractivity (Wildman–Crippen MR) is 146 cm³/mol. The van der Waals surface area contributed by atoms with Crippen molar-refractivity contribution in [1.82, 2.24) is 14.5 Å². The molecule has 0 saturated heterocycles. The second-order valence-corrected chi connectivity index (χ2v) is 8.54. The van der Waals surface area contributed by atoms with Gasteiger partial charge in [0.2, 0.25) is 5.91 Å². The Kier molecular flexibility index (Phi) is 7.96. The van der Waals surface area contributed by atoms with Gasteiger partial charge in [0.15, 0.2) is 0 Å². The van der Waals surface area contributed by atoms with Gasteiger partial charge in [-0.1, -0.05) is 12.1 Å². The van der Waals surface area contributed by atoms with Crippen LogP contribution in [0.5, 0.6) is 5.75 Å². The normalized spacial score (nSPS) is 12.0. The molecule has 38 heavy (non-hydrogen) atoms. The summed E-state index contributed by atoms with van der Waals surface area (Å²) in [6, 6.07) is 19.7. The summed E-state index contributed by atoms with van der Waals surface area (Å²) in [5.41, 5.74) is 1.57. The molecular formula is C29H28N4O5. The molecule has 1 atom stereocenters. The van der Waals surface area contributed by atoms with Crippen LogP contribution in [0.4, 0.5) is 5.69 Å². The van der Waals surface area contributed by atoms with E-state index in [1.807, 2.05) is 26.8 Å². The number of hydrogen-bond acceptors (Lipinski definition) is 6. The van der Waals surface area contributed by atoms with Crippen molar-refractivity contribution >= 4 is 28.6 Å². The van der Waals surface area contributed by atoms with E-state index in [9.17, 15) is 19.7 Å². The minimum Gasteiger partial charge on any atom is -0.494 e. The molecule has 4 aromatic rings. The summed E-state index contributed by atoms with van der Waals surface area (Å²) in [5.74, 6) is 0.838. The summed E-state index contributed by atoms with van der Waals surface area (Å²) in [6.45, 7) is 6.49. The van der Waals surface area contributed by atoms with Gasteiger partial charge >= 0.3 is 0 Å². The van der Waals surface area contributed by atoms with E-state index in [0.29, 0.717) is 46.9 Å². The van der Waals surface area contributed by atoms with E-state index in [-0.39, 0.29) is 17.2 Å². The highest BCUT2D eigenvalue weighted by molar-refractivity contribution is 5.92. The fraction of sp³-hybridized carbons (Fsp3) is 0.207. The summed E-state index contributed by atoms with van der Waals surface area (Å²) in [5, 5.41) is 11.4. The van der Waals surface area contributed by atoms with Crippen molar-refractivity contribution in [2.24, 2.45) is 0 Å². The van der Waals surface area contributed by atoms with E-state index in [4.69, 9.17) is 9.72 Å². The zero-order valence-corrected chi connectivity index (χ0v) is 21.4. The molecule has 9 heteroatoms. The standard InChI is InChI=1S/C29H28N4O5/c1-4-31(27(34)19-12-21-10-13-23(14-11-21)33(36)37)20(3)28-30-26-9-7-6-8-25(26)29(35)32(28)22-15-17-24(18-16-22)38-5-2/h6-20H,4-5H2,1-3H3/b19-12+. The third-order valence-electron chi connectivity index (χ3n) is 6.19. The fourth-order valence-corrected chi connectivity index (χ4v) is 4.27. The van der Waals surface area contributed by atoms with Crippen molar-refractivity contribution in [3.63, 3.8) is 0 Å². The minimum absolute atomic E-state index is 0.0214. The van der Waals surface area contributed by atoms with E-state index in [1.54, 1.807) is 70.1 Å². The molecule has 194 valence electrons. The number of likely N-dealkylation sites (N-methyl/N-ethyl adjacent to an activating group) is 1. The number of hydrogen-bond donors (Lipinski definition) is 0. The lowest BCUT2D eigenvalue weighted by Gasteiger charge is -2.28. The Balaban J connectivity index is 1.73. The van der Waals surface area contributed by atoms with E-state index in [2.05, 4.69) is 0 Å². The largest absolute Gasteiger partial charge is 0.494 e. The Bertz CT molecular complexity index is 1540. The van der Waals surface area contributed by atoms with E-state index < -0.39 is 11.0 Å². The first-order valence-corrected chi connectivity index (χ1v) is 12.3. The third kappa shape index (κ3) is 5.46. The van der Waals surface area contributed by atoms with Gasteiger partial charge in [0.25, 0.3) is 11.2 Å². The lowest BCUT2D eigenvalue weighted by Crippen LogP contribution is -2.36. The maximum atomic E-state index is 13.7. The van der Waals surface area contributed by atoms with Crippen molar-refractivity contribution in [1.29, 1.82) is 0 Å². The van der Waals surface area contributed by atoms with Crippen molar-refractivity contribution in [3.05, 3.63) is 111 Å². The smallest absolute Gasteiger partial charge is 0.269 e. The van der Waals surface area contributed by atoms with Crippen molar-refractivity contribution in [2.75, 3.05) is 13.2 Å². The molecule has 0 aliphatic carbocycles. The Morgan fingerprint density at radius 2 is 1.76 bits per heavy atom. The molecule has 1 heterocycles. The van der Waals surface area contributed by atoms with Gasteiger partial charge < -0.3 is 9.64 Å². The highest BCUT2D eigenvalue weighted by Gasteiger charge is 2.25. The highest BCUT2D eigenvalue weighted by atomic mass is 16.6. The number of carbonyl (C=O) groups is 1. The highest BCUT2D eigenvalue weighted by Crippen LogP contribution is 2.24. The quantitative estimate of drug-likeness (QED) is 0.171. The maximum absolute atomic E-state index is 13.7. The first kappa shape index (κ1) is 26.3. The molecule has 0 radical (unpaired) electrons. The summed E-state index contributed by atoms with van der Waals surface area (Å²) >= 11 is 0. The lowest BCUT2D eigenvalue weighted by atomic mass is 10.1. The molecule has 4 rings (SSSR count). The van der Waals surface area contributed by atoms with Crippen LogP contribution in [-0.2, 0) is 4.79 Å². The molecule has 3 aromatic carbocycles. The van der Waals surface area contributed by atoms with Gasteiger partial charge in [-0.2, -0.15) is 0 Å². The van der Waals surface area contributed by atoms with Crippen LogP contribution in [0.15, 0.2) is 83.7 Å². The van der Waals surface area contributed by atoms with Crippen molar-refractivity contribution in [2.45, 2.75) is 26.8 Å². The molecule has 0 bridgehead atoms. The van der Waals surface area contributed by atoms with Crippen LogP contribution < -0.4 is 10.3 Å².